The summed E-state index contributed by atoms with van der Waals surface area (Å²) >= 11 is 4.64. The molecule has 0 fully saturated rings. The minimum absolute atomic E-state index is 0.288. The highest BCUT2D eigenvalue weighted by atomic mass is 32.1. The van der Waals surface area contributed by atoms with Crippen LogP contribution < -0.4 is 5.73 Å². The third-order valence-electron chi connectivity index (χ3n) is 1.92. The number of rotatable bonds is 6. The number of thiocarbonyl (C=S) groups is 1. The van der Waals surface area contributed by atoms with Crippen LogP contribution in [0.1, 0.15) is 5.82 Å². The normalized spacial score (nSPS) is 13.1. The van der Waals surface area contributed by atoms with E-state index in [0.29, 0.717) is 6.42 Å². The van der Waals surface area contributed by atoms with Crippen LogP contribution in [0.3, 0.4) is 0 Å². The monoisotopic (exact) mass is 227 g/mol. The first-order chi connectivity index (χ1) is 7.13. The maximum absolute atomic E-state index is 5.65. The Bertz CT molecular complexity index is 310. The molecule has 1 atom stereocenters. The predicted molar refractivity (Wildman–Crippen MR) is 60.6 cm³/mol. The fraction of sp³-hybridized carbons (Fsp3) is 0.750. The molecule has 1 heterocycles. The van der Waals surface area contributed by atoms with Gasteiger partial charge in [0.1, 0.15) is 0 Å². The molecule has 2 N–H and O–H groups in total. The highest BCUT2D eigenvalue weighted by Gasteiger charge is 2.09. The molecule has 1 aromatic heterocycles. The summed E-state index contributed by atoms with van der Waals surface area (Å²) in [6.45, 7) is 1.63. The van der Waals surface area contributed by atoms with Gasteiger partial charge in [-0.25, -0.2) is 4.68 Å². The van der Waals surface area contributed by atoms with Crippen LogP contribution in [0.25, 0.3) is 0 Å². The lowest BCUT2D eigenvalue weighted by Crippen LogP contribution is -2.27. The van der Waals surface area contributed by atoms with Crippen LogP contribution in [0, 0.1) is 0 Å². The van der Waals surface area contributed by atoms with Gasteiger partial charge in [0.2, 0.25) is 0 Å². The topological polar surface area (TPSA) is 72.9 Å². The van der Waals surface area contributed by atoms with E-state index in [-0.39, 0.29) is 6.04 Å². The van der Waals surface area contributed by atoms with Gasteiger partial charge in [0.25, 0.3) is 0 Å². The van der Waals surface area contributed by atoms with Crippen molar-refractivity contribution < 1.29 is 0 Å². The first-order valence-corrected chi connectivity index (χ1v) is 5.07. The lowest BCUT2D eigenvalue weighted by molar-refractivity contribution is 0.366. The Morgan fingerprint density at radius 1 is 1.60 bits per heavy atom. The minimum Gasteiger partial charge on any atom is -0.323 e. The Labute approximate surface area is 94.4 Å². The van der Waals surface area contributed by atoms with Crippen molar-refractivity contribution in [1.82, 2.24) is 25.1 Å². The molecule has 0 aromatic carbocycles. The largest absolute Gasteiger partial charge is 0.323 e. The molecule has 0 aliphatic rings. The average Bonchev–Trinajstić information content (AvgIpc) is 2.62. The summed E-state index contributed by atoms with van der Waals surface area (Å²) in [7, 11) is 4.00. The van der Waals surface area contributed by atoms with Crippen LogP contribution in [0.2, 0.25) is 0 Å². The van der Waals surface area contributed by atoms with Gasteiger partial charge in [-0.1, -0.05) is 12.2 Å². The third-order valence-corrected chi connectivity index (χ3v) is 2.22. The Balaban J connectivity index is 2.56. The molecule has 0 aliphatic heterocycles. The molecule has 1 radical (unpaired) electrons. The zero-order chi connectivity index (χ0) is 11.3. The van der Waals surface area contributed by atoms with Crippen LogP contribution in [-0.2, 0) is 13.0 Å². The van der Waals surface area contributed by atoms with Gasteiger partial charge in [-0.15, -0.1) is 5.10 Å². The van der Waals surface area contributed by atoms with Gasteiger partial charge < -0.3 is 10.6 Å². The van der Waals surface area contributed by atoms with Crippen LogP contribution in [0.5, 0.6) is 0 Å². The van der Waals surface area contributed by atoms with Crippen molar-refractivity contribution in [2.75, 3.05) is 20.6 Å². The molecule has 1 aromatic rings. The molecule has 0 amide bonds. The summed E-state index contributed by atoms with van der Waals surface area (Å²) in [6, 6.07) is -0.288. The van der Waals surface area contributed by atoms with Crippen LogP contribution in [0.15, 0.2) is 0 Å². The van der Waals surface area contributed by atoms with Gasteiger partial charge >= 0.3 is 0 Å². The second kappa shape index (κ2) is 5.84. The van der Waals surface area contributed by atoms with E-state index in [1.54, 1.807) is 4.68 Å². The summed E-state index contributed by atoms with van der Waals surface area (Å²) < 4.78 is 1.74. The Kier molecular flexibility index (Phi) is 4.73. The van der Waals surface area contributed by atoms with Gasteiger partial charge in [-0.2, -0.15) is 0 Å². The van der Waals surface area contributed by atoms with Crippen LogP contribution in [-0.4, -0.2) is 57.2 Å². The lowest BCUT2D eigenvalue weighted by Gasteiger charge is -2.10. The van der Waals surface area contributed by atoms with Gasteiger partial charge in [0.15, 0.2) is 5.82 Å². The first kappa shape index (κ1) is 12.2. The van der Waals surface area contributed by atoms with E-state index >= 15 is 0 Å². The second-order valence-corrected chi connectivity index (χ2v) is 3.79. The molecular weight excluding hydrogens is 212 g/mol. The molecule has 0 bridgehead atoms. The Morgan fingerprint density at radius 2 is 2.33 bits per heavy atom. The molecule has 7 heteroatoms. The molecule has 0 saturated carbocycles. The first-order valence-electron chi connectivity index (χ1n) is 4.66. The van der Waals surface area contributed by atoms with Crippen LogP contribution >= 0.6 is 12.2 Å². The zero-order valence-electron chi connectivity index (χ0n) is 8.92. The maximum Gasteiger partial charge on any atom is 0.153 e. The summed E-state index contributed by atoms with van der Waals surface area (Å²) in [4.78, 5) is 2.07. The molecule has 15 heavy (non-hydrogen) atoms. The number of tetrazole rings is 1. The molecule has 6 nitrogen and oxygen atoms in total. The molecule has 0 saturated heterocycles. The predicted octanol–water partition coefficient (Wildman–Crippen LogP) is -1.02. The molecular formula is C8H15N6S. The van der Waals surface area contributed by atoms with E-state index in [9.17, 15) is 0 Å². The lowest BCUT2D eigenvalue weighted by atomic mass is 10.2. The number of nitrogens with zero attached hydrogens (tertiary/aromatic N) is 5. The number of hydrogen-bond acceptors (Lipinski definition) is 6. The quantitative estimate of drug-likeness (QED) is 0.627. The summed E-state index contributed by atoms with van der Waals surface area (Å²) in [6.07, 6.45) is 0.532. The molecule has 1 unspecified atom stereocenters. The average molecular weight is 227 g/mol. The Hall–Kier alpha value is -0.920. The van der Waals surface area contributed by atoms with Crippen molar-refractivity contribution in [3.63, 3.8) is 0 Å². The fourth-order valence-corrected chi connectivity index (χ4v) is 1.16. The molecule has 0 aliphatic carbocycles. The van der Waals surface area contributed by atoms with Gasteiger partial charge in [0.05, 0.1) is 6.54 Å². The smallest absolute Gasteiger partial charge is 0.153 e. The SMILES string of the molecule is CN(C)CCn1nnnc1CC(N)[C]=S. The van der Waals surface area contributed by atoms with Crippen molar-refractivity contribution in [1.29, 1.82) is 0 Å². The second-order valence-electron chi connectivity index (χ2n) is 3.55. The summed E-state index contributed by atoms with van der Waals surface area (Å²) in [5.41, 5.74) is 5.65. The summed E-state index contributed by atoms with van der Waals surface area (Å²) in [5.74, 6) is 0.752. The molecule has 0 spiro atoms. The van der Waals surface area contributed by atoms with E-state index in [4.69, 9.17) is 5.73 Å². The number of aromatic nitrogens is 4. The van der Waals surface area contributed by atoms with E-state index in [2.05, 4.69) is 38.0 Å². The molecule has 83 valence electrons. The summed E-state index contributed by atoms with van der Waals surface area (Å²) in [5, 5.41) is 13.9. The van der Waals surface area contributed by atoms with Crippen molar-refractivity contribution >= 4 is 17.6 Å². The minimum atomic E-state index is -0.288. The van der Waals surface area contributed by atoms with E-state index in [1.165, 1.54) is 0 Å². The van der Waals surface area contributed by atoms with Gasteiger partial charge in [0, 0.05) is 24.4 Å². The number of nitrogens with two attached hydrogens (primary N) is 1. The number of hydrogen-bond donors (Lipinski definition) is 1. The van der Waals surface area contributed by atoms with Crippen LogP contribution in [0.4, 0.5) is 0 Å². The third kappa shape index (κ3) is 3.98. The molecule has 1 rings (SSSR count). The zero-order valence-corrected chi connectivity index (χ0v) is 9.74. The van der Waals surface area contributed by atoms with Crippen molar-refractivity contribution in [3.8, 4) is 0 Å². The van der Waals surface area contributed by atoms with Crippen molar-refractivity contribution in [2.45, 2.75) is 19.0 Å². The standard InChI is InChI=1S/C8H15N6S/c1-13(2)3-4-14-8(10-11-12-14)5-7(9)6-15/h7H,3-5,9H2,1-2H3. The van der Waals surface area contributed by atoms with Crippen molar-refractivity contribution in [2.24, 2.45) is 5.73 Å². The highest BCUT2D eigenvalue weighted by molar-refractivity contribution is 7.79. The van der Waals surface area contributed by atoms with E-state index in [0.717, 1.165) is 18.9 Å². The van der Waals surface area contributed by atoms with Crippen molar-refractivity contribution in [3.05, 3.63) is 5.82 Å². The van der Waals surface area contributed by atoms with E-state index in [1.807, 2.05) is 14.1 Å². The Morgan fingerprint density at radius 3 is 2.93 bits per heavy atom. The van der Waals surface area contributed by atoms with Gasteiger partial charge in [-0.05, 0) is 24.5 Å². The number of likely N-dealkylation sites (N-methyl/N-ethyl adjacent to an activating group) is 1. The fourth-order valence-electron chi connectivity index (χ4n) is 1.08. The van der Waals surface area contributed by atoms with E-state index < -0.39 is 0 Å². The highest BCUT2D eigenvalue weighted by Crippen LogP contribution is 1.96. The van der Waals surface area contributed by atoms with Gasteiger partial charge in [-0.3, -0.25) is 0 Å². The maximum atomic E-state index is 5.65.